The van der Waals surface area contributed by atoms with E-state index in [1.54, 1.807) is 0 Å². The summed E-state index contributed by atoms with van der Waals surface area (Å²) in [5.41, 5.74) is 0. The molecule has 1 N–H and O–H groups in total. The molecule has 0 bridgehead atoms. The second-order valence-corrected chi connectivity index (χ2v) is 6.39. The lowest BCUT2D eigenvalue weighted by atomic mass is 9.97. The van der Waals surface area contributed by atoms with Gasteiger partial charge in [-0.1, -0.05) is 32.6 Å². The van der Waals surface area contributed by atoms with Gasteiger partial charge in [-0.2, -0.15) is 0 Å². The zero-order valence-electron chi connectivity index (χ0n) is 12.5. The molecule has 1 saturated carbocycles. The van der Waals surface area contributed by atoms with E-state index >= 15 is 0 Å². The molecule has 0 spiro atoms. The van der Waals surface area contributed by atoms with E-state index in [1.165, 1.54) is 51.6 Å². The van der Waals surface area contributed by atoms with Crippen molar-refractivity contribution in [1.82, 2.24) is 10.2 Å². The third kappa shape index (κ3) is 5.13. The van der Waals surface area contributed by atoms with Gasteiger partial charge in [-0.3, -0.25) is 4.79 Å². The number of carbonyl (C=O) groups is 1. The number of rotatable bonds is 6. The van der Waals surface area contributed by atoms with E-state index in [1.807, 2.05) is 0 Å². The molecular formula is C16H30N2O. The van der Waals surface area contributed by atoms with E-state index in [4.69, 9.17) is 0 Å². The van der Waals surface area contributed by atoms with Gasteiger partial charge in [0, 0.05) is 19.5 Å². The summed E-state index contributed by atoms with van der Waals surface area (Å²) in [7, 11) is 0. The second kappa shape index (κ2) is 7.88. The fourth-order valence-corrected chi connectivity index (χ4v) is 3.59. The summed E-state index contributed by atoms with van der Waals surface area (Å²) in [5.74, 6) is 1.78. The molecule has 3 nitrogen and oxygen atoms in total. The van der Waals surface area contributed by atoms with Crippen molar-refractivity contribution >= 4 is 5.91 Å². The Morgan fingerprint density at radius 2 is 1.89 bits per heavy atom. The first kappa shape index (κ1) is 14.8. The van der Waals surface area contributed by atoms with Crippen molar-refractivity contribution in [3.8, 4) is 0 Å². The molecular weight excluding hydrogens is 236 g/mol. The summed E-state index contributed by atoms with van der Waals surface area (Å²) >= 11 is 0. The Bertz CT molecular complexity index is 274. The molecule has 0 unspecified atom stereocenters. The van der Waals surface area contributed by atoms with Gasteiger partial charge >= 0.3 is 0 Å². The van der Waals surface area contributed by atoms with Gasteiger partial charge in [-0.15, -0.1) is 0 Å². The van der Waals surface area contributed by atoms with Crippen LogP contribution in [0.15, 0.2) is 0 Å². The van der Waals surface area contributed by atoms with Crippen LogP contribution in [0.3, 0.4) is 0 Å². The maximum absolute atomic E-state index is 11.9. The first-order chi connectivity index (χ1) is 9.28. The lowest BCUT2D eigenvalue weighted by Crippen LogP contribution is -2.40. The summed E-state index contributed by atoms with van der Waals surface area (Å²) < 4.78 is 0. The summed E-state index contributed by atoms with van der Waals surface area (Å²) in [4.78, 5) is 14.4. The Kier molecular flexibility index (Phi) is 6.15. The summed E-state index contributed by atoms with van der Waals surface area (Å²) in [6, 6.07) is 0. The minimum atomic E-state index is 0.278. The van der Waals surface area contributed by atoms with Crippen LogP contribution in [0.1, 0.15) is 58.3 Å². The van der Waals surface area contributed by atoms with Crippen LogP contribution >= 0.6 is 0 Å². The SMILES string of the molecule is CCN1CCC[C@H](CNC(=O)CCC2CCCC2)C1. The Balaban J connectivity index is 1.57. The minimum absolute atomic E-state index is 0.278. The number of hydrogen-bond acceptors (Lipinski definition) is 2. The number of carbonyl (C=O) groups excluding carboxylic acids is 1. The molecule has 0 aromatic rings. The van der Waals surface area contributed by atoms with Crippen LogP contribution in [0.4, 0.5) is 0 Å². The van der Waals surface area contributed by atoms with E-state index in [-0.39, 0.29) is 5.91 Å². The van der Waals surface area contributed by atoms with Crippen LogP contribution in [0, 0.1) is 11.8 Å². The molecule has 1 aliphatic carbocycles. The first-order valence-corrected chi connectivity index (χ1v) is 8.27. The van der Waals surface area contributed by atoms with E-state index in [2.05, 4.69) is 17.1 Å². The van der Waals surface area contributed by atoms with Crippen molar-refractivity contribution in [2.75, 3.05) is 26.2 Å². The predicted octanol–water partition coefficient (Wildman–Crippen LogP) is 2.80. The molecule has 1 saturated heterocycles. The number of nitrogens with zero attached hydrogens (tertiary/aromatic N) is 1. The van der Waals surface area contributed by atoms with Gasteiger partial charge < -0.3 is 10.2 Å². The Morgan fingerprint density at radius 1 is 1.16 bits per heavy atom. The van der Waals surface area contributed by atoms with Crippen LogP contribution in [0.5, 0.6) is 0 Å². The zero-order chi connectivity index (χ0) is 13.5. The van der Waals surface area contributed by atoms with Crippen LogP contribution in [0.25, 0.3) is 0 Å². The van der Waals surface area contributed by atoms with Crippen molar-refractivity contribution in [2.45, 2.75) is 58.3 Å². The number of nitrogens with one attached hydrogen (secondary N) is 1. The molecule has 2 rings (SSSR count). The van der Waals surface area contributed by atoms with E-state index in [0.29, 0.717) is 5.92 Å². The average molecular weight is 266 g/mol. The molecule has 1 aliphatic heterocycles. The van der Waals surface area contributed by atoms with Crippen molar-refractivity contribution in [3.05, 3.63) is 0 Å². The Morgan fingerprint density at radius 3 is 2.63 bits per heavy atom. The standard InChI is InChI=1S/C16H30N2O/c1-2-18-11-5-8-15(13-18)12-17-16(19)10-9-14-6-3-4-7-14/h14-15H,2-13H2,1H3,(H,17,19)/t15-/m1/s1. The highest BCUT2D eigenvalue weighted by molar-refractivity contribution is 5.75. The Labute approximate surface area is 118 Å². The molecule has 2 fully saturated rings. The van der Waals surface area contributed by atoms with Gasteiger partial charge in [0.2, 0.25) is 5.91 Å². The van der Waals surface area contributed by atoms with E-state index < -0.39 is 0 Å². The van der Waals surface area contributed by atoms with Crippen molar-refractivity contribution < 1.29 is 4.79 Å². The van der Waals surface area contributed by atoms with Crippen LogP contribution < -0.4 is 5.32 Å². The summed E-state index contributed by atoms with van der Waals surface area (Å²) in [6.07, 6.45) is 9.87. The van der Waals surface area contributed by atoms with Gasteiger partial charge in [0.1, 0.15) is 0 Å². The molecule has 1 atom stereocenters. The molecule has 110 valence electrons. The molecule has 0 aromatic heterocycles. The van der Waals surface area contributed by atoms with Gasteiger partial charge in [-0.05, 0) is 44.2 Å². The van der Waals surface area contributed by atoms with Crippen molar-refractivity contribution in [1.29, 1.82) is 0 Å². The third-order valence-electron chi connectivity index (χ3n) is 4.89. The molecule has 1 amide bonds. The monoisotopic (exact) mass is 266 g/mol. The molecule has 19 heavy (non-hydrogen) atoms. The quantitative estimate of drug-likeness (QED) is 0.802. The first-order valence-electron chi connectivity index (χ1n) is 8.27. The smallest absolute Gasteiger partial charge is 0.220 e. The zero-order valence-corrected chi connectivity index (χ0v) is 12.5. The van der Waals surface area contributed by atoms with Crippen LogP contribution in [-0.4, -0.2) is 37.0 Å². The molecule has 0 aromatic carbocycles. The highest BCUT2D eigenvalue weighted by Crippen LogP contribution is 2.28. The Hall–Kier alpha value is -0.570. The van der Waals surface area contributed by atoms with Crippen LogP contribution in [0.2, 0.25) is 0 Å². The van der Waals surface area contributed by atoms with Crippen LogP contribution in [-0.2, 0) is 4.79 Å². The number of likely N-dealkylation sites (tertiary alicyclic amines) is 1. The van der Waals surface area contributed by atoms with Gasteiger partial charge in [-0.25, -0.2) is 0 Å². The predicted molar refractivity (Wildman–Crippen MR) is 79.0 cm³/mol. The van der Waals surface area contributed by atoms with Gasteiger partial charge in [0.25, 0.3) is 0 Å². The second-order valence-electron chi connectivity index (χ2n) is 6.39. The van der Waals surface area contributed by atoms with Crippen molar-refractivity contribution in [2.24, 2.45) is 11.8 Å². The highest BCUT2D eigenvalue weighted by atomic mass is 16.1. The fraction of sp³-hybridized carbons (Fsp3) is 0.938. The fourth-order valence-electron chi connectivity index (χ4n) is 3.59. The summed E-state index contributed by atoms with van der Waals surface area (Å²) in [6.45, 7) is 6.66. The van der Waals surface area contributed by atoms with Gasteiger partial charge in [0.15, 0.2) is 0 Å². The van der Waals surface area contributed by atoms with Crippen molar-refractivity contribution in [3.63, 3.8) is 0 Å². The lowest BCUT2D eigenvalue weighted by molar-refractivity contribution is -0.121. The largest absolute Gasteiger partial charge is 0.356 e. The molecule has 0 radical (unpaired) electrons. The molecule has 3 heteroatoms. The number of hydrogen-bond donors (Lipinski definition) is 1. The van der Waals surface area contributed by atoms with Gasteiger partial charge in [0.05, 0.1) is 0 Å². The number of piperidine rings is 1. The average Bonchev–Trinajstić information content (AvgIpc) is 2.96. The van der Waals surface area contributed by atoms with E-state index in [9.17, 15) is 4.79 Å². The molecule has 2 aliphatic rings. The maximum atomic E-state index is 11.9. The number of amides is 1. The third-order valence-corrected chi connectivity index (χ3v) is 4.89. The normalized spacial score (nSPS) is 25.6. The lowest BCUT2D eigenvalue weighted by Gasteiger charge is -2.31. The highest BCUT2D eigenvalue weighted by Gasteiger charge is 2.20. The molecule has 1 heterocycles. The summed E-state index contributed by atoms with van der Waals surface area (Å²) in [5, 5.41) is 3.16. The maximum Gasteiger partial charge on any atom is 0.220 e. The van der Waals surface area contributed by atoms with E-state index in [0.717, 1.165) is 31.8 Å². The minimum Gasteiger partial charge on any atom is -0.356 e. The topological polar surface area (TPSA) is 32.3 Å².